The van der Waals surface area contributed by atoms with Crippen LogP contribution in [0.3, 0.4) is 0 Å². The number of nitrogens with zero attached hydrogens (tertiary/aromatic N) is 2. The van der Waals surface area contributed by atoms with E-state index in [0.717, 1.165) is 9.47 Å². The summed E-state index contributed by atoms with van der Waals surface area (Å²) in [5, 5.41) is 5.53. The number of ether oxygens (including phenoxy) is 1. The SMILES string of the molecule is CCOc1ccc(S(=O)(=O)n2nc(C)cc2C)c2ccccc12. The minimum Gasteiger partial charge on any atom is -0.493 e. The third kappa shape index (κ3) is 2.59. The zero-order chi connectivity index (χ0) is 16.6. The second kappa shape index (κ2) is 5.70. The zero-order valence-corrected chi connectivity index (χ0v) is 14.1. The number of hydrogen-bond acceptors (Lipinski definition) is 4. The van der Waals surface area contributed by atoms with Crippen LogP contribution in [0.25, 0.3) is 10.8 Å². The average molecular weight is 330 g/mol. The Morgan fingerprint density at radius 1 is 1.09 bits per heavy atom. The molecule has 0 atom stereocenters. The molecule has 0 aliphatic rings. The minimum absolute atomic E-state index is 0.225. The first-order chi connectivity index (χ1) is 10.9. The van der Waals surface area contributed by atoms with Crippen LogP contribution in [0, 0.1) is 13.8 Å². The van der Waals surface area contributed by atoms with Gasteiger partial charge >= 0.3 is 0 Å². The maximum atomic E-state index is 13.0. The third-order valence-corrected chi connectivity index (χ3v) is 5.35. The van der Waals surface area contributed by atoms with E-state index in [1.54, 1.807) is 38.1 Å². The minimum atomic E-state index is -3.76. The van der Waals surface area contributed by atoms with Gasteiger partial charge in [-0.1, -0.05) is 24.3 Å². The largest absolute Gasteiger partial charge is 0.493 e. The molecule has 5 nitrogen and oxygen atoms in total. The molecule has 6 heteroatoms. The molecule has 0 saturated carbocycles. The predicted octanol–water partition coefficient (Wildman–Crippen LogP) is 3.29. The first-order valence-electron chi connectivity index (χ1n) is 7.38. The summed E-state index contributed by atoms with van der Waals surface area (Å²) >= 11 is 0. The van der Waals surface area contributed by atoms with Crippen molar-refractivity contribution in [3.8, 4) is 5.75 Å². The van der Waals surface area contributed by atoms with Crippen LogP contribution in [0.1, 0.15) is 18.3 Å². The van der Waals surface area contributed by atoms with Crippen LogP contribution in [0.2, 0.25) is 0 Å². The lowest BCUT2D eigenvalue weighted by atomic mass is 10.1. The van der Waals surface area contributed by atoms with Crippen LogP contribution >= 0.6 is 0 Å². The quantitative estimate of drug-likeness (QED) is 0.736. The van der Waals surface area contributed by atoms with Crippen LogP contribution in [0.15, 0.2) is 47.4 Å². The van der Waals surface area contributed by atoms with E-state index in [2.05, 4.69) is 5.10 Å². The summed E-state index contributed by atoms with van der Waals surface area (Å²) in [5.74, 6) is 0.676. The zero-order valence-electron chi connectivity index (χ0n) is 13.3. The molecule has 0 bridgehead atoms. The summed E-state index contributed by atoms with van der Waals surface area (Å²) in [6, 6.07) is 12.4. The lowest BCUT2D eigenvalue weighted by Gasteiger charge is -2.13. The number of fused-ring (bicyclic) bond motifs is 1. The molecular weight excluding hydrogens is 312 g/mol. The summed E-state index contributed by atoms with van der Waals surface area (Å²) in [7, 11) is -3.76. The molecule has 1 aromatic heterocycles. The molecule has 120 valence electrons. The van der Waals surface area contributed by atoms with Gasteiger partial charge in [-0.2, -0.15) is 17.6 Å². The highest BCUT2D eigenvalue weighted by Crippen LogP contribution is 2.32. The van der Waals surface area contributed by atoms with Crippen molar-refractivity contribution in [2.45, 2.75) is 25.7 Å². The van der Waals surface area contributed by atoms with Gasteiger partial charge in [0, 0.05) is 10.8 Å². The summed E-state index contributed by atoms with van der Waals surface area (Å²) < 4.78 is 32.7. The maximum absolute atomic E-state index is 13.0. The van der Waals surface area contributed by atoms with Gasteiger partial charge in [-0.25, -0.2) is 0 Å². The van der Waals surface area contributed by atoms with E-state index in [-0.39, 0.29) is 4.90 Å². The molecule has 0 radical (unpaired) electrons. The molecule has 23 heavy (non-hydrogen) atoms. The molecule has 0 N–H and O–H groups in total. The van der Waals surface area contributed by atoms with Gasteiger partial charge in [0.05, 0.1) is 22.9 Å². The Balaban J connectivity index is 2.28. The summed E-state index contributed by atoms with van der Waals surface area (Å²) in [5.41, 5.74) is 1.25. The molecule has 0 aliphatic carbocycles. The Hall–Kier alpha value is -2.34. The van der Waals surface area contributed by atoms with Crippen molar-refractivity contribution < 1.29 is 13.2 Å². The molecule has 2 aromatic carbocycles. The first kappa shape index (κ1) is 15.6. The molecule has 0 unspecified atom stereocenters. The Labute approximate surface area is 135 Å². The van der Waals surface area contributed by atoms with Crippen molar-refractivity contribution in [2.24, 2.45) is 0 Å². The fraction of sp³-hybridized carbons (Fsp3) is 0.235. The van der Waals surface area contributed by atoms with E-state index in [4.69, 9.17) is 4.74 Å². The lowest BCUT2D eigenvalue weighted by Crippen LogP contribution is -2.16. The summed E-state index contributed by atoms with van der Waals surface area (Å²) in [4.78, 5) is 0.225. The van der Waals surface area contributed by atoms with Crippen LogP contribution in [0.5, 0.6) is 5.75 Å². The molecule has 0 saturated heterocycles. The molecule has 0 spiro atoms. The average Bonchev–Trinajstić information content (AvgIpc) is 2.87. The normalized spacial score (nSPS) is 11.8. The summed E-state index contributed by atoms with van der Waals surface area (Å²) in [6.07, 6.45) is 0. The van der Waals surface area contributed by atoms with Crippen LogP contribution < -0.4 is 4.74 Å². The fourth-order valence-corrected chi connectivity index (χ4v) is 4.25. The van der Waals surface area contributed by atoms with Gasteiger partial charge in [-0.05, 0) is 39.0 Å². The second-order valence-electron chi connectivity index (χ2n) is 5.32. The van der Waals surface area contributed by atoms with E-state index >= 15 is 0 Å². The predicted molar refractivity (Wildman–Crippen MR) is 89.4 cm³/mol. The van der Waals surface area contributed by atoms with Gasteiger partial charge in [-0.15, -0.1) is 0 Å². The topological polar surface area (TPSA) is 61.2 Å². The van der Waals surface area contributed by atoms with Crippen molar-refractivity contribution in [2.75, 3.05) is 6.61 Å². The Morgan fingerprint density at radius 3 is 2.39 bits per heavy atom. The number of benzene rings is 2. The Bertz CT molecular complexity index is 975. The van der Waals surface area contributed by atoms with Gasteiger partial charge < -0.3 is 4.74 Å². The molecule has 0 fully saturated rings. The number of aryl methyl sites for hydroxylation is 2. The van der Waals surface area contributed by atoms with Gasteiger partial charge in [0.2, 0.25) is 0 Å². The lowest BCUT2D eigenvalue weighted by molar-refractivity contribution is 0.344. The van der Waals surface area contributed by atoms with E-state index in [1.807, 2.05) is 25.1 Å². The molecule has 1 heterocycles. The van der Waals surface area contributed by atoms with E-state index in [9.17, 15) is 8.42 Å². The first-order valence-corrected chi connectivity index (χ1v) is 8.82. The van der Waals surface area contributed by atoms with Gasteiger partial charge in [-0.3, -0.25) is 0 Å². The van der Waals surface area contributed by atoms with Crippen molar-refractivity contribution in [3.63, 3.8) is 0 Å². The van der Waals surface area contributed by atoms with E-state index < -0.39 is 10.0 Å². The standard InChI is InChI=1S/C17H18N2O3S/c1-4-22-16-9-10-17(15-8-6-5-7-14(15)16)23(20,21)19-13(3)11-12(2)18-19/h5-11H,4H2,1-3H3. The van der Waals surface area contributed by atoms with Crippen LogP contribution in [0.4, 0.5) is 0 Å². The van der Waals surface area contributed by atoms with Gasteiger partial charge in [0.15, 0.2) is 0 Å². The highest BCUT2D eigenvalue weighted by molar-refractivity contribution is 7.90. The molecular formula is C17H18N2O3S. The van der Waals surface area contributed by atoms with Crippen molar-refractivity contribution >= 4 is 20.8 Å². The van der Waals surface area contributed by atoms with Crippen molar-refractivity contribution in [1.82, 2.24) is 9.19 Å². The third-order valence-electron chi connectivity index (χ3n) is 3.62. The van der Waals surface area contributed by atoms with Crippen LogP contribution in [-0.2, 0) is 10.0 Å². The number of hydrogen-bond donors (Lipinski definition) is 0. The number of aromatic nitrogens is 2. The fourth-order valence-electron chi connectivity index (χ4n) is 2.70. The van der Waals surface area contributed by atoms with E-state index in [1.165, 1.54) is 0 Å². The Morgan fingerprint density at radius 2 is 1.78 bits per heavy atom. The van der Waals surface area contributed by atoms with Crippen LogP contribution in [-0.4, -0.2) is 24.2 Å². The Kier molecular flexibility index (Phi) is 3.85. The molecule has 0 amide bonds. The second-order valence-corrected chi connectivity index (χ2v) is 7.05. The molecule has 3 rings (SSSR count). The monoisotopic (exact) mass is 330 g/mol. The van der Waals surface area contributed by atoms with Gasteiger partial charge in [0.25, 0.3) is 10.0 Å². The maximum Gasteiger partial charge on any atom is 0.283 e. The highest BCUT2D eigenvalue weighted by Gasteiger charge is 2.23. The van der Waals surface area contributed by atoms with Gasteiger partial charge in [0.1, 0.15) is 5.75 Å². The molecule has 3 aromatic rings. The number of rotatable bonds is 4. The smallest absolute Gasteiger partial charge is 0.283 e. The highest BCUT2D eigenvalue weighted by atomic mass is 32.2. The molecule has 0 aliphatic heterocycles. The summed E-state index contributed by atoms with van der Waals surface area (Å²) in [6.45, 7) is 5.92. The van der Waals surface area contributed by atoms with E-state index in [0.29, 0.717) is 29.1 Å². The van der Waals surface area contributed by atoms with Crippen molar-refractivity contribution in [3.05, 3.63) is 53.9 Å². The van der Waals surface area contributed by atoms with Crippen molar-refractivity contribution in [1.29, 1.82) is 0 Å².